The van der Waals surface area contributed by atoms with E-state index in [1.807, 2.05) is 0 Å². The summed E-state index contributed by atoms with van der Waals surface area (Å²) in [6.45, 7) is 9.70. The minimum absolute atomic E-state index is 0.298. The molecule has 4 heteroatoms. The average Bonchev–Trinajstić information content (AvgIpc) is 2.83. The Kier molecular flexibility index (Phi) is 3.30. The van der Waals surface area contributed by atoms with E-state index >= 15 is 0 Å². The van der Waals surface area contributed by atoms with Crippen LogP contribution in [0, 0.1) is 11.3 Å². The molecular formula is C13H20ClN3. The second-order valence-corrected chi connectivity index (χ2v) is 6.25. The molecule has 2 rings (SSSR count). The fourth-order valence-corrected chi connectivity index (χ4v) is 2.13. The fraction of sp³-hybridized carbons (Fsp3) is 0.692. The molecule has 0 aromatic carbocycles. The SMILES string of the molecule is CC(C)c1nc(Cl)cc(NCC2CC2(C)C)n1. The van der Waals surface area contributed by atoms with Crippen molar-refractivity contribution in [2.75, 3.05) is 11.9 Å². The summed E-state index contributed by atoms with van der Waals surface area (Å²) in [5.41, 5.74) is 0.491. The van der Waals surface area contributed by atoms with Crippen molar-refractivity contribution in [2.24, 2.45) is 11.3 Å². The first-order chi connectivity index (χ1) is 7.88. The maximum Gasteiger partial charge on any atom is 0.135 e. The number of halogens is 1. The Morgan fingerprint density at radius 1 is 1.47 bits per heavy atom. The zero-order valence-electron chi connectivity index (χ0n) is 10.9. The lowest BCUT2D eigenvalue weighted by Crippen LogP contribution is -2.10. The van der Waals surface area contributed by atoms with Gasteiger partial charge in [-0.25, -0.2) is 9.97 Å². The van der Waals surface area contributed by atoms with Gasteiger partial charge in [0.05, 0.1) is 0 Å². The van der Waals surface area contributed by atoms with Crippen LogP contribution >= 0.6 is 11.6 Å². The van der Waals surface area contributed by atoms with Gasteiger partial charge in [0.1, 0.15) is 16.8 Å². The van der Waals surface area contributed by atoms with Crippen LogP contribution in [0.15, 0.2) is 6.07 Å². The number of hydrogen-bond acceptors (Lipinski definition) is 3. The molecule has 1 N–H and O–H groups in total. The molecule has 3 nitrogen and oxygen atoms in total. The molecule has 1 atom stereocenters. The van der Waals surface area contributed by atoms with E-state index in [4.69, 9.17) is 11.6 Å². The van der Waals surface area contributed by atoms with E-state index in [2.05, 4.69) is 43.0 Å². The van der Waals surface area contributed by atoms with Crippen molar-refractivity contribution in [3.05, 3.63) is 17.0 Å². The lowest BCUT2D eigenvalue weighted by molar-refractivity contribution is 0.572. The van der Waals surface area contributed by atoms with E-state index in [1.54, 1.807) is 6.07 Å². The lowest BCUT2D eigenvalue weighted by Gasteiger charge is -2.10. The highest BCUT2D eigenvalue weighted by molar-refractivity contribution is 6.29. The van der Waals surface area contributed by atoms with E-state index in [1.165, 1.54) is 6.42 Å². The number of anilines is 1. The van der Waals surface area contributed by atoms with Crippen LogP contribution in [0.3, 0.4) is 0 Å². The van der Waals surface area contributed by atoms with Crippen molar-refractivity contribution in [3.8, 4) is 0 Å². The number of hydrogen-bond donors (Lipinski definition) is 1. The topological polar surface area (TPSA) is 37.8 Å². The third-order valence-electron chi connectivity index (χ3n) is 3.48. The van der Waals surface area contributed by atoms with Gasteiger partial charge in [0.25, 0.3) is 0 Å². The van der Waals surface area contributed by atoms with Crippen molar-refractivity contribution in [1.82, 2.24) is 9.97 Å². The molecule has 0 saturated heterocycles. The zero-order valence-corrected chi connectivity index (χ0v) is 11.7. The van der Waals surface area contributed by atoms with Crippen LogP contribution in [0.25, 0.3) is 0 Å². The summed E-state index contributed by atoms with van der Waals surface area (Å²) in [7, 11) is 0. The van der Waals surface area contributed by atoms with Crippen molar-refractivity contribution < 1.29 is 0 Å². The van der Waals surface area contributed by atoms with Gasteiger partial charge in [-0.1, -0.05) is 39.3 Å². The molecule has 17 heavy (non-hydrogen) atoms. The first kappa shape index (κ1) is 12.6. The van der Waals surface area contributed by atoms with Gasteiger partial charge in [0.2, 0.25) is 0 Å². The molecule has 1 aromatic rings. The molecule has 1 aliphatic rings. The smallest absolute Gasteiger partial charge is 0.135 e. The van der Waals surface area contributed by atoms with Crippen molar-refractivity contribution in [2.45, 2.75) is 40.0 Å². The third kappa shape index (κ3) is 3.09. The van der Waals surface area contributed by atoms with Crippen LogP contribution < -0.4 is 5.32 Å². The summed E-state index contributed by atoms with van der Waals surface area (Å²) >= 11 is 5.99. The summed E-state index contributed by atoms with van der Waals surface area (Å²) in [6.07, 6.45) is 1.29. The maximum absolute atomic E-state index is 5.99. The summed E-state index contributed by atoms with van der Waals surface area (Å²) < 4.78 is 0. The standard InChI is InChI=1S/C13H20ClN3/c1-8(2)12-16-10(14)5-11(17-12)15-7-9-6-13(9,3)4/h5,8-9H,6-7H2,1-4H3,(H,15,16,17). The molecule has 94 valence electrons. The first-order valence-electron chi connectivity index (χ1n) is 6.17. The van der Waals surface area contributed by atoms with Crippen molar-refractivity contribution >= 4 is 17.4 Å². The van der Waals surface area contributed by atoms with E-state index in [9.17, 15) is 0 Å². The Morgan fingerprint density at radius 2 is 2.12 bits per heavy atom. The molecule has 1 fully saturated rings. The van der Waals surface area contributed by atoms with Crippen LogP contribution in [0.5, 0.6) is 0 Å². The number of aromatic nitrogens is 2. The van der Waals surface area contributed by atoms with Gasteiger partial charge in [0.15, 0.2) is 0 Å². The minimum Gasteiger partial charge on any atom is -0.370 e. The predicted molar refractivity (Wildman–Crippen MR) is 71.5 cm³/mol. The Hall–Kier alpha value is -0.830. The van der Waals surface area contributed by atoms with Crippen molar-refractivity contribution in [3.63, 3.8) is 0 Å². The molecule has 0 bridgehead atoms. The van der Waals surface area contributed by atoms with Gasteiger partial charge < -0.3 is 5.32 Å². The molecule has 1 saturated carbocycles. The van der Waals surface area contributed by atoms with Gasteiger partial charge in [-0.2, -0.15) is 0 Å². The molecule has 1 aromatic heterocycles. The van der Waals surface area contributed by atoms with Crippen LogP contribution in [0.4, 0.5) is 5.82 Å². The second kappa shape index (κ2) is 4.45. The van der Waals surface area contributed by atoms with E-state index in [-0.39, 0.29) is 0 Å². The Balaban J connectivity index is 2.01. The van der Waals surface area contributed by atoms with Crippen molar-refractivity contribution in [1.29, 1.82) is 0 Å². The van der Waals surface area contributed by atoms with E-state index < -0.39 is 0 Å². The predicted octanol–water partition coefficient (Wildman–Crippen LogP) is 3.71. The Morgan fingerprint density at radius 3 is 2.65 bits per heavy atom. The molecule has 1 heterocycles. The second-order valence-electron chi connectivity index (χ2n) is 5.86. The van der Waals surface area contributed by atoms with Crippen LogP contribution in [-0.4, -0.2) is 16.5 Å². The fourth-order valence-electron chi connectivity index (χ4n) is 1.94. The third-order valence-corrected chi connectivity index (χ3v) is 3.67. The average molecular weight is 254 g/mol. The monoisotopic (exact) mass is 253 g/mol. The number of nitrogens with one attached hydrogen (secondary N) is 1. The normalized spacial score (nSPS) is 21.6. The largest absolute Gasteiger partial charge is 0.370 e. The van der Waals surface area contributed by atoms with E-state index in [0.29, 0.717) is 16.5 Å². The molecule has 0 spiro atoms. The first-order valence-corrected chi connectivity index (χ1v) is 6.54. The van der Waals surface area contributed by atoms with Crippen LogP contribution in [0.1, 0.15) is 45.9 Å². The lowest BCUT2D eigenvalue weighted by atomic mass is 10.1. The summed E-state index contributed by atoms with van der Waals surface area (Å²) in [4.78, 5) is 8.69. The Labute approximate surface area is 108 Å². The number of rotatable bonds is 4. The van der Waals surface area contributed by atoms with Gasteiger partial charge in [0, 0.05) is 18.5 Å². The number of nitrogens with zero attached hydrogens (tertiary/aromatic N) is 2. The van der Waals surface area contributed by atoms with Gasteiger partial charge in [-0.05, 0) is 17.8 Å². The van der Waals surface area contributed by atoms with Gasteiger partial charge in [-0.3, -0.25) is 0 Å². The van der Waals surface area contributed by atoms with Gasteiger partial charge in [-0.15, -0.1) is 0 Å². The minimum atomic E-state index is 0.298. The van der Waals surface area contributed by atoms with Gasteiger partial charge >= 0.3 is 0 Å². The highest BCUT2D eigenvalue weighted by Crippen LogP contribution is 2.51. The summed E-state index contributed by atoms with van der Waals surface area (Å²) in [5.74, 6) is 2.69. The molecular weight excluding hydrogens is 234 g/mol. The highest BCUT2D eigenvalue weighted by Gasteiger charge is 2.44. The highest BCUT2D eigenvalue weighted by atomic mass is 35.5. The molecule has 0 radical (unpaired) electrons. The Bertz CT molecular complexity index is 415. The molecule has 1 unspecified atom stereocenters. The van der Waals surface area contributed by atoms with Crippen LogP contribution in [-0.2, 0) is 0 Å². The molecule has 0 aliphatic heterocycles. The maximum atomic E-state index is 5.99. The summed E-state index contributed by atoms with van der Waals surface area (Å²) in [6, 6.07) is 1.79. The molecule has 1 aliphatic carbocycles. The quantitative estimate of drug-likeness (QED) is 0.832. The zero-order chi connectivity index (χ0) is 12.6. The molecule has 0 amide bonds. The van der Waals surface area contributed by atoms with E-state index in [0.717, 1.165) is 24.1 Å². The summed E-state index contributed by atoms with van der Waals surface area (Å²) in [5, 5.41) is 3.88. The van der Waals surface area contributed by atoms with Crippen LogP contribution in [0.2, 0.25) is 5.15 Å².